The zero-order valence-electron chi connectivity index (χ0n) is 19.8. The van der Waals surface area contributed by atoms with Crippen LogP contribution >= 0.6 is 0 Å². The van der Waals surface area contributed by atoms with Crippen molar-refractivity contribution >= 4 is 5.96 Å². The Morgan fingerprint density at radius 1 is 1.19 bits per heavy atom. The van der Waals surface area contributed by atoms with Crippen molar-refractivity contribution in [3.05, 3.63) is 70.9 Å². The number of rotatable bonds is 10. The molecule has 1 atom stereocenters. The fraction of sp³-hybridized carbons (Fsp3) is 0.440. The highest BCUT2D eigenvalue weighted by Crippen LogP contribution is 2.14. The van der Waals surface area contributed by atoms with Crippen LogP contribution in [0.25, 0.3) is 0 Å². The van der Waals surface area contributed by atoms with E-state index in [-0.39, 0.29) is 6.04 Å². The number of nitrogens with zero attached hydrogens (tertiary/aromatic N) is 3. The minimum Gasteiger partial charge on any atom is -0.497 e. The molecule has 3 rings (SSSR count). The summed E-state index contributed by atoms with van der Waals surface area (Å²) >= 11 is 0. The zero-order chi connectivity index (χ0) is 22.9. The second kappa shape index (κ2) is 11.4. The summed E-state index contributed by atoms with van der Waals surface area (Å²) in [7, 11) is 3.68. The molecule has 172 valence electrons. The number of nitrogens with one attached hydrogen (secondary N) is 2. The number of benzene rings is 1. The van der Waals surface area contributed by atoms with Gasteiger partial charge in [-0.2, -0.15) is 5.10 Å². The Kier molecular flexibility index (Phi) is 8.36. The van der Waals surface area contributed by atoms with Crippen LogP contribution in [0.1, 0.15) is 35.2 Å². The van der Waals surface area contributed by atoms with E-state index < -0.39 is 0 Å². The second-order valence-corrected chi connectivity index (χ2v) is 8.11. The number of guanidine groups is 1. The monoisotopic (exact) mass is 437 g/mol. The highest BCUT2D eigenvalue weighted by atomic mass is 16.5. The first-order valence-corrected chi connectivity index (χ1v) is 11.2. The molecule has 0 fully saturated rings. The summed E-state index contributed by atoms with van der Waals surface area (Å²) in [5.41, 5.74) is 4.84. The van der Waals surface area contributed by atoms with E-state index >= 15 is 0 Å². The molecule has 0 saturated heterocycles. The van der Waals surface area contributed by atoms with Crippen LogP contribution < -0.4 is 15.4 Å². The van der Waals surface area contributed by atoms with Crippen LogP contribution in [0.2, 0.25) is 0 Å². The van der Waals surface area contributed by atoms with Crippen LogP contribution in [0, 0.1) is 13.8 Å². The van der Waals surface area contributed by atoms with E-state index in [9.17, 15) is 0 Å². The van der Waals surface area contributed by atoms with Gasteiger partial charge in [0.1, 0.15) is 11.5 Å². The molecule has 1 aromatic carbocycles. The van der Waals surface area contributed by atoms with Crippen molar-refractivity contribution < 1.29 is 9.15 Å². The molecule has 0 amide bonds. The lowest BCUT2D eigenvalue weighted by atomic mass is 10.1. The number of ether oxygens (including phenoxy) is 1. The zero-order valence-corrected chi connectivity index (χ0v) is 19.8. The molecule has 0 aliphatic rings. The minimum absolute atomic E-state index is 0.215. The van der Waals surface area contributed by atoms with Crippen molar-refractivity contribution in [2.24, 2.45) is 12.0 Å². The average molecular weight is 438 g/mol. The molecule has 0 radical (unpaired) electrons. The van der Waals surface area contributed by atoms with Crippen molar-refractivity contribution in [2.45, 2.75) is 46.1 Å². The Balaban J connectivity index is 1.59. The van der Waals surface area contributed by atoms with Crippen LogP contribution in [0.4, 0.5) is 0 Å². The Bertz CT molecular complexity index is 990. The number of hydrogen-bond acceptors (Lipinski definition) is 4. The van der Waals surface area contributed by atoms with E-state index in [1.165, 1.54) is 16.8 Å². The van der Waals surface area contributed by atoms with Crippen LogP contribution in [0.5, 0.6) is 5.75 Å². The van der Waals surface area contributed by atoms with Crippen LogP contribution in [0.3, 0.4) is 0 Å². The molecule has 7 nitrogen and oxygen atoms in total. The van der Waals surface area contributed by atoms with E-state index in [2.05, 4.69) is 48.6 Å². The molecule has 0 spiro atoms. The van der Waals surface area contributed by atoms with Crippen molar-refractivity contribution in [3.8, 4) is 5.75 Å². The van der Waals surface area contributed by atoms with Gasteiger partial charge in [-0.1, -0.05) is 12.1 Å². The van der Waals surface area contributed by atoms with Gasteiger partial charge < -0.3 is 19.8 Å². The van der Waals surface area contributed by atoms with E-state index in [1.807, 2.05) is 36.0 Å². The van der Waals surface area contributed by atoms with Gasteiger partial charge in [0.2, 0.25) is 0 Å². The lowest BCUT2D eigenvalue weighted by molar-refractivity contribution is 0.414. The van der Waals surface area contributed by atoms with Gasteiger partial charge in [0.05, 0.1) is 19.1 Å². The number of aliphatic imine (C=N–C) groups is 1. The summed E-state index contributed by atoms with van der Waals surface area (Å²) in [6, 6.07) is 12.3. The van der Waals surface area contributed by atoms with Crippen molar-refractivity contribution in [3.63, 3.8) is 0 Å². The molecule has 32 heavy (non-hydrogen) atoms. The summed E-state index contributed by atoms with van der Waals surface area (Å²) in [4.78, 5) is 4.78. The molecular weight excluding hydrogens is 402 g/mol. The lowest BCUT2D eigenvalue weighted by Gasteiger charge is -2.19. The predicted molar refractivity (Wildman–Crippen MR) is 128 cm³/mol. The maximum atomic E-state index is 5.43. The number of aryl methyl sites for hydroxylation is 2. The van der Waals surface area contributed by atoms with E-state index in [0.29, 0.717) is 6.54 Å². The summed E-state index contributed by atoms with van der Waals surface area (Å²) in [5, 5.41) is 11.6. The molecule has 1 unspecified atom stereocenters. The van der Waals surface area contributed by atoms with Gasteiger partial charge in [-0.25, -0.2) is 0 Å². The van der Waals surface area contributed by atoms with Gasteiger partial charge in [0.25, 0.3) is 0 Å². The summed E-state index contributed by atoms with van der Waals surface area (Å²) in [6.45, 7) is 7.81. The van der Waals surface area contributed by atoms with Gasteiger partial charge >= 0.3 is 0 Å². The molecular formula is C25H35N5O2. The molecule has 2 aromatic heterocycles. The minimum atomic E-state index is 0.215. The Morgan fingerprint density at radius 3 is 2.59 bits per heavy atom. The van der Waals surface area contributed by atoms with Gasteiger partial charge in [-0.15, -0.1) is 0 Å². The number of hydrogen-bond donors (Lipinski definition) is 2. The van der Waals surface area contributed by atoms with Crippen LogP contribution in [-0.2, 0) is 26.3 Å². The van der Waals surface area contributed by atoms with Crippen molar-refractivity contribution in [1.29, 1.82) is 0 Å². The largest absolute Gasteiger partial charge is 0.497 e. The highest BCUT2D eigenvalue weighted by molar-refractivity contribution is 5.80. The van der Waals surface area contributed by atoms with Gasteiger partial charge in [-0.3, -0.25) is 9.67 Å². The van der Waals surface area contributed by atoms with E-state index in [4.69, 9.17) is 14.1 Å². The SMILES string of the molecule is COc1ccc(CCNC(=NCCc2ccco2)NC(C)Cc2c(C)nn(C)c2C)cc1. The van der Waals surface area contributed by atoms with E-state index in [0.717, 1.165) is 49.0 Å². The first-order chi connectivity index (χ1) is 15.5. The topological polar surface area (TPSA) is 76.6 Å². The molecule has 0 saturated carbocycles. The van der Waals surface area contributed by atoms with E-state index in [1.54, 1.807) is 13.4 Å². The molecule has 0 aliphatic carbocycles. The van der Waals surface area contributed by atoms with Crippen molar-refractivity contribution in [2.75, 3.05) is 20.2 Å². The van der Waals surface area contributed by atoms with Crippen LogP contribution in [0.15, 0.2) is 52.1 Å². The number of aromatic nitrogens is 2. The molecule has 0 aliphatic heterocycles. The molecule has 7 heteroatoms. The third kappa shape index (κ3) is 6.64. The Morgan fingerprint density at radius 2 is 1.97 bits per heavy atom. The molecule has 3 aromatic rings. The Labute approximate surface area is 190 Å². The number of methoxy groups -OCH3 is 1. The summed E-state index contributed by atoms with van der Waals surface area (Å²) < 4.78 is 12.6. The first kappa shape index (κ1) is 23.4. The first-order valence-electron chi connectivity index (χ1n) is 11.2. The normalized spacial score (nSPS) is 12.6. The summed E-state index contributed by atoms with van der Waals surface area (Å²) in [6.07, 6.45) is 4.26. The third-order valence-corrected chi connectivity index (χ3v) is 5.63. The smallest absolute Gasteiger partial charge is 0.191 e. The average Bonchev–Trinajstić information content (AvgIpc) is 3.38. The fourth-order valence-corrected chi connectivity index (χ4v) is 3.71. The number of furan rings is 1. The van der Waals surface area contributed by atoms with Crippen LogP contribution in [-0.4, -0.2) is 42.0 Å². The Hall–Kier alpha value is -3.22. The predicted octanol–water partition coefficient (Wildman–Crippen LogP) is 3.59. The lowest BCUT2D eigenvalue weighted by Crippen LogP contribution is -2.44. The van der Waals surface area contributed by atoms with Gasteiger partial charge in [-0.05, 0) is 69.0 Å². The molecule has 0 bridgehead atoms. The second-order valence-electron chi connectivity index (χ2n) is 8.11. The maximum absolute atomic E-state index is 5.43. The highest BCUT2D eigenvalue weighted by Gasteiger charge is 2.14. The summed E-state index contributed by atoms with van der Waals surface area (Å²) in [5.74, 6) is 2.64. The molecule has 2 heterocycles. The third-order valence-electron chi connectivity index (χ3n) is 5.63. The van der Waals surface area contributed by atoms with Gasteiger partial charge in [0.15, 0.2) is 5.96 Å². The maximum Gasteiger partial charge on any atom is 0.191 e. The van der Waals surface area contributed by atoms with Gasteiger partial charge in [0, 0.05) is 38.3 Å². The quantitative estimate of drug-likeness (QED) is 0.374. The molecule has 2 N–H and O–H groups in total. The fourth-order valence-electron chi connectivity index (χ4n) is 3.71. The van der Waals surface area contributed by atoms with Crippen molar-refractivity contribution in [1.82, 2.24) is 20.4 Å². The standard InChI is InChI=1S/C25H35N5O2/c1-18(17-24-19(2)29-30(4)20(24)3)28-25(27-15-13-23-7-6-16-32-23)26-14-12-21-8-10-22(31-5)11-9-21/h6-11,16,18H,12-15,17H2,1-5H3,(H2,26,27,28).